The zero-order valence-electron chi connectivity index (χ0n) is 12.4. The van der Waals surface area contributed by atoms with Crippen LogP contribution in [0.25, 0.3) is 11.1 Å². The highest BCUT2D eigenvalue weighted by Crippen LogP contribution is 2.24. The average Bonchev–Trinajstić information content (AvgIpc) is 2.95. The van der Waals surface area contributed by atoms with Gasteiger partial charge in [-0.15, -0.1) is 0 Å². The minimum atomic E-state index is 0.861. The second-order valence-corrected chi connectivity index (χ2v) is 5.39. The molecule has 4 rings (SSSR count). The average molecular weight is 281 g/mol. The fraction of sp³-hybridized carbons (Fsp3) is 0.278. The molecule has 3 aromatic rings. The van der Waals surface area contributed by atoms with Crippen molar-refractivity contribution >= 4 is 11.1 Å². The number of aromatic nitrogens is 1. The predicted molar refractivity (Wildman–Crippen MR) is 83.7 cm³/mol. The summed E-state index contributed by atoms with van der Waals surface area (Å²) in [6.45, 7) is 5.03. The van der Waals surface area contributed by atoms with Crippen molar-refractivity contribution in [2.75, 3.05) is 6.61 Å². The molecule has 0 spiro atoms. The lowest BCUT2D eigenvalue weighted by atomic mass is 10.0. The molecular weight excluding hydrogens is 262 g/mol. The van der Waals surface area contributed by atoms with Gasteiger partial charge in [-0.3, -0.25) is 0 Å². The summed E-state index contributed by atoms with van der Waals surface area (Å²) in [7, 11) is 0. The van der Waals surface area contributed by atoms with E-state index in [2.05, 4.69) is 30.1 Å². The quantitative estimate of drug-likeness (QED) is 0.610. The van der Waals surface area contributed by atoms with E-state index >= 15 is 0 Å². The van der Waals surface area contributed by atoms with Crippen LogP contribution in [0.5, 0.6) is 5.75 Å². The fourth-order valence-corrected chi connectivity index (χ4v) is 2.45. The van der Waals surface area contributed by atoms with Gasteiger partial charge in [-0.05, 0) is 56.0 Å². The largest absolute Gasteiger partial charge is 0.493 e. The molecule has 0 radical (unpaired) electrons. The van der Waals surface area contributed by atoms with Gasteiger partial charge in [-0.2, -0.15) is 0 Å². The Morgan fingerprint density at radius 3 is 2.71 bits per heavy atom. The van der Waals surface area contributed by atoms with Gasteiger partial charge in [0.25, 0.3) is 0 Å². The Labute approximate surface area is 124 Å². The van der Waals surface area contributed by atoms with E-state index in [1.54, 1.807) is 0 Å². The van der Waals surface area contributed by atoms with Gasteiger partial charge in [0, 0.05) is 0 Å². The van der Waals surface area contributed by atoms with Crippen molar-refractivity contribution in [1.29, 1.82) is 0 Å². The molecule has 3 nitrogen and oxygen atoms in total. The van der Waals surface area contributed by atoms with Gasteiger partial charge in [-0.25, -0.2) is 4.98 Å². The van der Waals surface area contributed by atoms with E-state index in [4.69, 9.17) is 9.15 Å². The van der Waals surface area contributed by atoms with Crippen LogP contribution in [0.2, 0.25) is 0 Å². The number of aryl methyl sites for hydroxylation is 3. The highest BCUT2D eigenvalue weighted by atomic mass is 16.5. The van der Waals surface area contributed by atoms with Crippen LogP contribution in [0, 0.1) is 13.8 Å². The molecule has 0 aliphatic carbocycles. The van der Waals surface area contributed by atoms with E-state index in [-0.39, 0.29) is 0 Å². The Morgan fingerprint density at radius 1 is 1.00 bits per heavy atom. The van der Waals surface area contributed by atoms with E-state index in [0.29, 0.717) is 0 Å². The molecule has 0 fully saturated rings. The van der Waals surface area contributed by atoms with Crippen molar-refractivity contribution in [1.82, 2.24) is 4.98 Å². The maximum absolute atomic E-state index is 5.48. The van der Waals surface area contributed by atoms with E-state index in [1.807, 2.05) is 25.1 Å². The lowest BCUT2D eigenvalue weighted by Gasteiger charge is -2.16. The monoisotopic (exact) mass is 281 g/mol. The first-order valence-electron chi connectivity index (χ1n) is 7.24. The Balaban J connectivity index is 0.000000126. The molecule has 108 valence electrons. The predicted octanol–water partition coefficient (Wildman–Crippen LogP) is 4.46. The van der Waals surface area contributed by atoms with Crippen LogP contribution in [0.1, 0.15) is 23.1 Å². The first-order chi connectivity index (χ1) is 10.2. The number of rotatable bonds is 0. The molecule has 1 aliphatic heterocycles. The Morgan fingerprint density at radius 2 is 1.81 bits per heavy atom. The zero-order valence-corrected chi connectivity index (χ0v) is 12.4. The van der Waals surface area contributed by atoms with Crippen LogP contribution >= 0.6 is 0 Å². The number of ether oxygens (including phenoxy) is 1. The summed E-state index contributed by atoms with van der Waals surface area (Å²) in [5.41, 5.74) is 5.68. The SMILES string of the molecule is Cc1ccc2c(c1)CCCO2.Cc1ccc2ncoc2c1. The number of hydrogen-bond acceptors (Lipinski definition) is 3. The molecule has 1 aromatic heterocycles. The molecular formula is C18H19NO2. The number of fused-ring (bicyclic) bond motifs is 2. The van der Waals surface area contributed by atoms with Crippen molar-refractivity contribution in [3.8, 4) is 5.75 Å². The van der Waals surface area contributed by atoms with E-state index in [0.717, 1.165) is 29.9 Å². The summed E-state index contributed by atoms with van der Waals surface area (Å²) in [6.07, 6.45) is 3.80. The topological polar surface area (TPSA) is 35.3 Å². The fourth-order valence-electron chi connectivity index (χ4n) is 2.45. The zero-order chi connectivity index (χ0) is 14.7. The Hall–Kier alpha value is -2.29. The number of oxazole rings is 1. The van der Waals surface area contributed by atoms with E-state index in [1.165, 1.54) is 29.5 Å². The summed E-state index contributed by atoms with van der Waals surface area (Å²) in [5, 5.41) is 0. The first kappa shape index (κ1) is 13.7. The summed E-state index contributed by atoms with van der Waals surface area (Å²) in [6, 6.07) is 12.3. The molecule has 21 heavy (non-hydrogen) atoms. The van der Waals surface area contributed by atoms with Crippen molar-refractivity contribution in [3.63, 3.8) is 0 Å². The second-order valence-electron chi connectivity index (χ2n) is 5.39. The Kier molecular flexibility index (Phi) is 3.91. The normalized spacial score (nSPS) is 13.0. The van der Waals surface area contributed by atoms with Crippen LogP contribution in [-0.4, -0.2) is 11.6 Å². The summed E-state index contributed by atoms with van der Waals surface area (Å²) >= 11 is 0. The molecule has 0 amide bonds. The van der Waals surface area contributed by atoms with E-state index in [9.17, 15) is 0 Å². The standard InChI is InChI=1S/C10H12O.C8H7NO/c1-8-4-5-10-9(7-8)3-2-6-11-10;1-6-2-3-7-8(4-6)10-5-9-7/h4-5,7H,2-3,6H2,1H3;2-5H,1H3. The molecule has 3 heteroatoms. The molecule has 2 aromatic carbocycles. The van der Waals surface area contributed by atoms with Gasteiger partial charge in [0.1, 0.15) is 11.3 Å². The number of hydrogen-bond donors (Lipinski definition) is 0. The summed E-state index contributed by atoms with van der Waals surface area (Å²) in [5.74, 6) is 1.09. The maximum atomic E-state index is 5.48. The number of nitrogens with zero attached hydrogens (tertiary/aromatic N) is 1. The van der Waals surface area contributed by atoms with Gasteiger partial charge in [0.15, 0.2) is 12.0 Å². The summed E-state index contributed by atoms with van der Waals surface area (Å²) in [4.78, 5) is 3.99. The van der Waals surface area contributed by atoms with Gasteiger partial charge >= 0.3 is 0 Å². The van der Waals surface area contributed by atoms with Gasteiger partial charge in [-0.1, -0.05) is 23.8 Å². The minimum absolute atomic E-state index is 0.861. The van der Waals surface area contributed by atoms with Crippen molar-refractivity contribution < 1.29 is 9.15 Å². The second kappa shape index (κ2) is 6.00. The Bertz CT molecular complexity index is 746. The lowest BCUT2D eigenvalue weighted by molar-refractivity contribution is 0.288. The summed E-state index contributed by atoms with van der Waals surface area (Å²) < 4.78 is 10.6. The molecule has 0 bridgehead atoms. The molecule has 0 unspecified atom stereocenters. The van der Waals surface area contributed by atoms with Crippen LogP contribution < -0.4 is 4.74 Å². The number of benzene rings is 2. The van der Waals surface area contributed by atoms with Crippen molar-refractivity contribution in [2.24, 2.45) is 0 Å². The minimum Gasteiger partial charge on any atom is -0.493 e. The van der Waals surface area contributed by atoms with Gasteiger partial charge in [0.05, 0.1) is 6.61 Å². The third kappa shape index (κ3) is 3.24. The highest BCUT2D eigenvalue weighted by Gasteiger charge is 2.08. The third-order valence-corrected chi connectivity index (χ3v) is 3.55. The molecule has 1 aliphatic rings. The third-order valence-electron chi connectivity index (χ3n) is 3.55. The van der Waals surface area contributed by atoms with E-state index < -0.39 is 0 Å². The van der Waals surface area contributed by atoms with Crippen LogP contribution in [0.3, 0.4) is 0 Å². The van der Waals surface area contributed by atoms with Gasteiger partial charge < -0.3 is 9.15 Å². The molecule has 0 saturated heterocycles. The molecule has 0 atom stereocenters. The first-order valence-corrected chi connectivity index (χ1v) is 7.24. The van der Waals surface area contributed by atoms with Crippen LogP contribution in [0.15, 0.2) is 47.2 Å². The van der Waals surface area contributed by atoms with Crippen molar-refractivity contribution in [2.45, 2.75) is 26.7 Å². The highest BCUT2D eigenvalue weighted by molar-refractivity contribution is 5.72. The molecule has 0 saturated carbocycles. The molecule has 2 heterocycles. The smallest absolute Gasteiger partial charge is 0.181 e. The molecule has 0 N–H and O–H groups in total. The van der Waals surface area contributed by atoms with Gasteiger partial charge in [0.2, 0.25) is 0 Å². The lowest BCUT2D eigenvalue weighted by Crippen LogP contribution is -2.07. The van der Waals surface area contributed by atoms with Crippen LogP contribution in [-0.2, 0) is 6.42 Å². The van der Waals surface area contributed by atoms with Crippen molar-refractivity contribution in [3.05, 3.63) is 59.5 Å². The van der Waals surface area contributed by atoms with Crippen LogP contribution in [0.4, 0.5) is 0 Å². The maximum Gasteiger partial charge on any atom is 0.181 e.